The van der Waals surface area contributed by atoms with Gasteiger partial charge in [0.15, 0.2) is 5.65 Å². The molecule has 0 atom stereocenters. The largest absolute Gasteiger partial charge is 0.383 e. The van der Waals surface area contributed by atoms with Gasteiger partial charge in [-0.25, -0.2) is 14.6 Å². The number of nitrogens with zero attached hydrogens (tertiary/aromatic N) is 4. The molecule has 2 aromatic heterocycles. The Bertz CT molecular complexity index is 832. The minimum Gasteiger partial charge on any atom is -0.383 e. The predicted octanol–water partition coefficient (Wildman–Crippen LogP) is 3.52. The Kier molecular flexibility index (Phi) is 3.64. The third-order valence-electron chi connectivity index (χ3n) is 3.52. The Morgan fingerprint density at radius 2 is 1.91 bits per heavy atom. The van der Waals surface area contributed by atoms with Crippen LogP contribution in [-0.2, 0) is 12.0 Å². The summed E-state index contributed by atoms with van der Waals surface area (Å²) in [7, 11) is 0. The van der Waals surface area contributed by atoms with Crippen LogP contribution in [0.2, 0.25) is 0 Å². The van der Waals surface area contributed by atoms with Crippen LogP contribution in [0.4, 0.5) is 5.82 Å². The topological polar surface area (TPSA) is 69.6 Å². The molecule has 0 fully saturated rings. The van der Waals surface area contributed by atoms with Crippen molar-refractivity contribution in [3.8, 4) is 0 Å². The first-order valence-electron chi connectivity index (χ1n) is 7.10. The molecule has 2 N–H and O–H groups in total. The highest BCUT2D eigenvalue weighted by Crippen LogP contribution is 2.29. The van der Waals surface area contributed by atoms with E-state index < -0.39 is 0 Å². The van der Waals surface area contributed by atoms with Crippen molar-refractivity contribution in [3.05, 3.63) is 46.3 Å². The lowest BCUT2D eigenvalue weighted by Gasteiger charge is -2.19. The Hall–Kier alpha value is -1.95. The number of anilines is 1. The van der Waals surface area contributed by atoms with Crippen LogP contribution in [0.5, 0.6) is 0 Å². The van der Waals surface area contributed by atoms with E-state index in [4.69, 9.17) is 10.8 Å². The quantitative estimate of drug-likeness (QED) is 0.759. The summed E-state index contributed by atoms with van der Waals surface area (Å²) in [6.45, 7) is 6.29. The summed E-state index contributed by atoms with van der Waals surface area (Å²) in [6, 6.07) is 8.12. The summed E-state index contributed by atoms with van der Waals surface area (Å²) in [4.78, 5) is 8.52. The van der Waals surface area contributed by atoms with Gasteiger partial charge in [0.1, 0.15) is 12.1 Å². The fourth-order valence-corrected chi connectivity index (χ4v) is 2.88. The molecule has 6 heteroatoms. The van der Waals surface area contributed by atoms with Crippen LogP contribution in [0, 0.1) is 0 Å². The standard InChI is InChI=1S/C16H18BrN5/c1-16(2,3)22-15-13(14(18)19-9-20-15)12(21-22)8-10-6-4-5-7-11(10)17/h4-7,9H,8H2,1-3H3,(H2,18,19,20). The summed E-state index contributed by atoms with van der Waals surface area (Å²) in [6.07, 6.45) is 2.17. The van der Waals surface area contributed by atoms with Crippen molar-refractivity contribution < 1.29 is 0 Å². The van der Waals surface area contributed by atoms with Crippen LogP contribution >= 0.6 is 15.9 Å². The fourth-order valence-electron chi connectivity index (χ4n) is 2.46. The van der Waals surface area contributed by atoms with E-state index in [2.05, 4.69) is 52.7 Å². The lowest BCUT2D eigenvalue weighted by molar-refractivity contribution is 0.363. The van der Waals surface area contributed by atoms with Crippen LogP contribution in [-0.4, -0.2) is 19.7 Å². The molecule has 114 valence electrons. The second kappa shape index (κ2) is 5.35. The average Bonchev–Trinajstić information content (AvgIpc) is 2.82. The number of nitrogen functional groups attached to an aromatic ring is 1. The Morgan fingerprint density at radius 3 is 2.59 bits per heavy atom. The SMILES string of the molecule is CC(C)(C)n1nc(Cc2ccccc2Br)c2c(N)ncnc21. The number of hydrogen-bond donors (Lipinski definition) is 1. The van der Waals surface area contributed by atoms with E-state index in [-0.39, 0.29) is 5.54 Å². The lowest BCUT2D eigenvalue weighted by atomic mass is 10.1. The van der Waals surface area contributed by atoms with Gasteiger partial charge in [-0.15, -0.1) is 0 Å². The highest BCUT2D eigenvalue weighted by Gasteiger charge is 2.23. The monoisotopic (exact) mass is 359 g/mol. The van der Waals surface area contributed by atoms with Gasteiger partial charge in [0.05, 0.1) is 16.6 Å². The van der Waals surface area contributed by atoms with Gasteiger partial charge in [-0.3, -0.25) is 0 Å². The van der Waals surface area contributed by atoms with Crippen LogP contribution < -0.4 is 5.73 Å². The molecule has 0 aliphatic carbocycles. The van der Waals surface area contributed by atoms with E-state index in [1.807, 2.05) is 22.9 Å². The first-order chi connectivity index (χ1) is 10.4. The molecule has 0 aliphatic heterocycles. The van der Waals surface area contributed by atoms with Crippen molar-refractivity contribution in [1.82, 2.24) is 19.7 Å². The summed E-state index contributed by atoms with van der Waals surface area (Å²) in [5.41, 5.74) is 8.75. The molecule has 0 spiro atoms. The van der Waals surface area contributed by atoms with Crippen LogP contribution in [0.15, 0.2) is 35.1 Å². The van der Waals surface area contributed by atoms with Crippen molar-refractivity contribution >= 4 is 32.8 Å². The highest BCUT2D eigenvalue weighted by atomic mass is 79.9. The zero-order valence-electron chi connectivity index (χ0n) is 12.8. The predicted molar refractivity (Wildman–Crippen MR) is 91.7 cm³/mol. The molecule has 3 rings (SSSR count). The molecule has 0 amide bonds. The van der Waals surface area contributed by atoms with E-state index >= 15 is 0 Å². The van der Waals surface area contributed by atoms with Crippen molar-refractivity contribution in [1.29, 1.82) is 0 Å². The number of hydrogen-bond acceptors (Lipinski definition) is 4. The van der Waals surface area contributed by atoms with Gasteiger partial charge in [-0.2, -0.15) is 5.10 Å². The Labute approximate surface area is 137 Å². The molecule has 0 radical (unpaired) electrons. The van der Waals surface area contributed by atoms with E-state index in [0.717, 1.165) is 26.8 Å². The number of aromatic nitrogens is 4. The molecular weight excluding hydrogens is 342 g/mol. The molecule has 0 aliphatic rings. The Morgan fingerprint density at radius 1 is 1.18 bits per heavy atom. The zero-order valence-corrected chi connectivity index (χ0v) is 14.4. The van der Waals surface area contributed by atoms with Gasteiger partial charge in [0.25, 0.3) is 0 Å². The van der Waals surface area contributed by atoms with Crippen molar-refractivity contribution in [2.45, 2.75) is 32.7 Å². The van der Waals surface area contributed by atoms with E-state index in [9.17, 15) is 0 Å². The van der Waals surface area contributed by atoms with Gasteiger partial charge in [0, 0.05) is 10.9 Å². The highest BCUT2D eigenvalue weighted by molar-refractivity contribution is 9.10. The maximum Gasteiger partial charge on any atom is 0.164 e. The third-order valence-corrected chi connectivity index (χ3v) is 4.29. The molecule has 0 saturated heterocycles. The molecule has 22 heavy (non-hydrogen) atoms. The number of benzene rings is 1. The van der Waals surface area contributed by atoms with E-state index in [0.29, 0.717) is 12.2 Å². The van der Waals surface area contributed by atoms with Crippen molar-refractivity contribution in [3.63, 3.8) is 0 Å². The molecule has 0 bridgehead atoms. The molecule has 0 saturated carbocycles. The normalized spacial score (nSPS) is 12.0. The first kappa shape index (κ1) is 15.0. The van der Waals surface area contributed by atoms with Gasteiger partial charge >= 0.3 is 0 Å². The zero-order chi connectivity index (χ0) is 15.9. The number of nitrogens with two attached hydrogens (primary N) is 1. The maximum absolute atomic E-state index is 6.09. The summed E-state index contributed by atoms with van der Waals surface area (Å²) in [5.74, 6) is 0.475. The first-order valence-corrected chi connectivity index (χ1v) is 7.89. The maximum atomic E-state index is 6.09. The molecule has 2 heterocycles. The number of rotatable bonds is 2. The van der Waals surface area contributed by atoms with Gasteiger partial charge in [-0.05, 0) is 32.4 Å². The summed E-state index contributed by atoms with van der Waals surface area (Å²) >= 11 is 3.59. The molecular formula is C16H18BrN5. The average molecular weight is 360 g/mol. The van der Waals surface area contributed by atoms with Crippen molar-refractivity contribution in [2.24, 2.45) is 0 Å². The molecule has 1 aromatic carbocycles. The van der Waals surface area contributed by atoms with Crippen LogP contribution in [0.25, 0.3) is 11.0 Å². The van der Waals surface area contributed by atoms with Crippen molar-refractivity contribution in [2.75, 3.05) is 5.73 Å². The fraction of sp³-hybridized carbons (Fsp3) is 0.312. The molecule has 0 unspecified atom stereocenters. The smallest absolute Gasteiger partial charge is 0.164 e. The lowest BCUT2D eigenvalue weighted by Crippen LogP contribution is -2.23. The Balaban J connectivity index is 2.20. The molecule has 3 aromatic rings. The van der Waals surface area contributed by atoms with E-state index in [1.54, 1.807) is 0 Å². The summed E-state index contributed by atoms with van der Waals surface area (Å²) in [5, 5.41) is 5.61. The van der Waals surface area contributed by atoms with E-state index in [1.165, 1.54) is 6.33 Å². The van der Waals surface area contributed by atoms with Gasteiger partial charge < -0.3 is 5.73 Å². The molecule has 5 nitrogen and oxygen atoms in total. The van der Waals surface area contributed by atoms with Crippen LogP contribution in [0.3, 0.4) is 0 Å². The second-order valence-corrected chi connectivity index (χ2v) is 7.11. The summed E-state index contributed by atoms with van der Waals surface area (Å²) < 4.78 is 2.98. The van der Waals surface area contributed by atoms with Gasteiger partial charge in [0.2, 0.25) is 0 Å². The number of fused-ring (bicyclic) bond motifs is 1. The third kappa shape index (κ3) is 2.59. The van der Waals surface area contributed by atoms with Crippen LogP contribution in [0.1, 0.15) is 32.0 Å². The van der Waals surface area contributed by atoms with Gasteiger partial charge in [-0.1, -0.05) is 34.1 Å². The second-order valence-electron chi connectivity index (χ2n) is 6.26. The minimum atomic E-state index is -0.175. The minimum absolute atomic E-state index is 0.175. The number of halogens is 1.